The largest absolute Gasteiger partial charge is 0.480 e. The molecule has 0 saturated carbocycles. The van der Waals surface area contributed by atoms with Crippen LogP contribution in [0.4, 0.5) is 0 Å². The second-order valence-electron chi connectivity index (χ2n) is 11.4. The van der Waals surface area contributed by atoms with Gasteiger partial charge in [0.25, 0.3) is 0 Å². The zero-order valence-corrected chi connectivity index (χ0v) is 25.7. The second kappa shape index (κ2) is 16.9. The first-order valence-corrected chi connectivity index (χ1v) is 15.5. The third-order valence-electron chi connectivity index (χ3n) is 7.84. The Bertz CT molecular complexity index is 1590. The van der Waals surface area contributed by atoms with Gasteiger partial charge in [-0.05, 0) is 55.0 Å². The molecule has 4 aromatic rings. The molecule has 1 heterocycles. The summed E-state index contributed by atoms with van der Waals surface area (Å²) >= 11 is 0. The molecule has 9 N–H and O–H groups in total. The van der Waals surface area contributed by atoms with Gasteiger partial charge in [-0.1, -0.05) is 78.9 Å². The molecule has 0 unspecified atom stereocenters. The number of nitrogens with one attached hydrogen (secondary N) is 4. The minimum absolute atomic E-state index is 0.0796. The van der Waals surface area contributed by atoms with Gasteiger partial charge in [0.15, 0.2) is 0 Å². The maximum Gasteiger partial charge on any atom is 0.326 e. The molecule has 3 aromatic carbocycles. The van der Waals surface area contributed by atoms with E-state index in [0.717, 1.165) is 27.6 Å². The summed E-state index contributed by atoms with van der Waals surface area (Å²) in [6.07, 6.45) is 3.59. The van der Waals surface area contributed by atoms with Crippen molar-refractivity contribution in [2.24, 2.45) is 11.5 Å². The van der Waals surface area contributed by atoms with Crippen LogP contribution in [0, 0.1) is 0 Å². The van der Waals surface area contributed by atoms with E-state index in [4.69, 9.17) is 11.5 Å². The monoisotopic (exact) mass is 626 g/mol. The van der Waals surface area contributed by atoms with E-state index in [9.17, 15) is 24.3 Å². The average Bonchev–Trinajstić information content (AvgIpc) is 3.47. The highest BCUT2D eigenvalue weighted by molar-refractivity contribution is 5.95. The minimum Gasteiger partial charge on any atom is -0.480 e. The SMILES string of the molecule is NCCCC[C@H](NC(=O)[C@@H](Cc1c[nH]c2ccccc12)NC(=O)[C@H](Cc1ccccc1)NC(=O)[C@@H](N)Cc1ccccc1)C(=O)O. The van der Waals surface area contributed by atoms with Crippen LogP contribution in [0.15, 0.2) is 91.1 Å². The van der Waals surface area contributed by atoms with Crippen LogP contribution >= 0.6 is 0 Å². The van der Waals surface area contributed by atoms with Crippen molar-refractivity contribution in [3.63, 3.8) is 0 Å². The van der Waals surface area contributed by atoms with Crippen molar-refractivity contribution < 1.29 is 24.3 Å². The number of fused-ring (bicyclic) bond motifs is 1. The molecule has 11 nitrogen and oxygen atoms in total. The van der Waals surface area contributed by atoms with Gasteiger partial charge in [-0.3, -0.25) is 14.4 Å². The van der Waals surface area contributed by atoms with Gasteiger partial charge in [0, 0.05) is 29.9 Å². The molecule has 0 aliphatic carbocycles. The Morgan fingerprint density at radius 3 is 1.85 bits per heavy atom. The van der Waals surface area contributed by atoms with Gasteiger partial charge in [-0.15, -0.1) is 0 Å². The third-order valence-corrected chi connectivity index (χ3v) is 7.84. The van der Waals surface area contributed by atoms with Crippen LogP contribution in [0.1, 0.15) is 36.0 Å². The molecule has 46 heavy (non-hydrogen) atoms. The van der Waals surface area contributed by atoms with Crippen molar-refractivity contribution in [1.82, 2.24) is 20.9 Å². The Balaban J connectivity index is 1.57. The van der Waals surface area contributed by atoms with Crippen molar-refractivity contribution in [3.05, 3.63) is 108 Å². The van der Waals surface area contributed by atoms with Crippen LogP contribution in [0.25, 0.3) is 10.9 Å². The fourth-order valence-corrected chi connectivity index (χ4v) is 5.32. The van der Waals surface area contributed by atoms with E-state index in [-0.39, 0.29) is 25.7 Å². The number of carbonyl (C=O) groups excluding carboxylic acids is 3. The van der Waals surface area contributed by atoms with E-state index in [1.54, 1.807) is 6.20 Å². The number of para-hydroxylation sites is 1. The van der Waals surface area contributed by atoms with Gasteiger partial charge >= 0.3 is 5.97 Å². The fourth-order valence-electron chi connectivity index (χ4n) is 5.32. The molecule has 3 amide bonds. The maximum atomic E-state index is 13.9. The number of aliphatic carboxylic acids is 1. The standard InChI is InChI=1S/C35H42N6O5/c36-18-10-9-17-29(35(45)46)39-34(44)31(21-25-22-38-28-16-8-7-15-26(25)28)41-33(43)30(20-24-13-5-2-6-14-24)40-32(42)27(37)19-23-11-3-1-4-12-23/h1-8,11-16,22,27,29-31,38H,9-10,17-21,36-37H2,(H,39,44)(H,40,42)(H,41,43)(H,45,46)/t27-,29-,30-,31+/m0/s1. The highest BCUT2D eigenvalue weighted by Gasteiger charge is 2.31. The Hall–Kier alpha value is -5.00. The van der Waals surface area contributed by atoms with Crippen molar-refractivity contribution in [3.8, 4) is 0 Å². The van der Waals surface area contributed by atoms with E-state index >= 15 is 0 Å². The number of rotatable bonds is 17. The molecule has 0 bridgehead atoms. The molecule has 242 valence electrons. The van der Waals surface area contributed by atoms with E-state index in [2.05, 4.69) is 20.9 Å². The van der Waals surface area contributed by atoms with E-state index in [1.165, 1.54) is 0 Å². The molecule has 1 aromatic heterocycles. The van der Waals surface area contributed by atoms with Crippen molar-refractivity contribution in [1.29, 1.82) is 0 Å². The molecule has 0 aliphatic rings. The van der Waals surface area contributed by atoms with Gasteiger partial charge in [-0.25, -0.2) is 4.79 Å². The highest BCUT2D eigenvalue weighted by atomic mass is 16.4. The molecule has 0 fully saturated rings. The first kappa shape index (κ1) is 33.9. The molecule has 4 rings (SSSR count). The van der Waals surface area contributed by atoms with Gasteiger partial charge in [-0.2, -0.15) is 0 Å². The van der Waals surface area contributed by atoms with Crippen molar-refractivity contribution in [2.45, 2.75) is 62.7 Å². The minimum atomic E-state index is -1.18. The molecule has 0 spiro atoms. The predicted molar refractivity (Wildman–Crippen MR) is 177 cm³/mol. The number of H-pyrrole nitrogens is 1. The van der Waals surface area contributed by atoms with Crippen LogP contribution in [-0.2, 0) is 38.4 Å². The lowest BCUT2D eigenvalue weighted by atomic mass is 10.0. The first-order valence-electron chi connectivity index (χ1n) is 15.5. The predicted octanol–water partition coefficient (Wildman–Crippen LogP) is 2.19. The van der Waals surface area contributed by atoms with Crippen molar-refractivity contribution in [2.75, 3.05) is 6.54 Å². The average molecular weight is 627 g/mol. The number of benzene rings is 3. The number of hydrogen-bond acceptors (Lipinski definition) is 6. The summed E-state index contributed by atoms with van der Waals surface area (Å²) in [6, 6.07) is 21.8. The van der Waals surface area contributed by atoms with Crippen molar-refractivity contribution >= 4 is 34.6 Å². The summed E-state index contributed by atoms with van der Waals surface area (Å²) in [6.45, 7) is 0.406. The molecular formula is C35H42N6O5. The highest BCUT2D eigenvalue weighted by Crippen LogP contribution is 2.19. The molecule has 0 saturated heterocycles. The second-order valence-corrected chi connectivity index (χ2v) is 11.4. The quantitative estimate of drug-likeness (QED) is 0.0873. The molecule has 0 radical (unpaired) electrons. The smallest absolute Gasteiger partial charge is 0.326 e. The number of aromatic amines is 1. The molecule has 4 atom stereocenters. The van der Waals surface area contributed by atoms with Crippen LogP contribution in [0.2, 0.25) is 0 Å². The fraction of sp³-hybridized carbons (Fsp3) is 0.314. The summed E-state index contributed by atoms with van der Waals surface area (Å²) in [5, 5.41) is 18.9. The van der Waals surface area contributed by atoms with E-state index in [1.807, 2.05) is 84.9 Å². The number of carboxylic acid groups (broad SMARTS) is 1. The third kappa shape index (κ3) is 9.75. The van der Waals surface area contributed by atoms with Gasteiger partial charge < -0.3 is 37.5 Å². The number of carbonyl (C=O) groups is 4. The topological polar surface area (TPSA) is 192 Å². The summed E-state index contributed by atoms with van der Waals surface area (Å²) in [5.41, 5.74) is 15.1. The number of carboxylic acids is 1. The molecular weight excluding hydrogens is 584 g/mol. The van der Waals surface area contributed by atoms with Gasteiger partial charge in [0.2, 0.25) is 17.7 Å². The summed E-state index contributed by atoms with van der Waals surface area (Å²) < 4.78 is 0. The van der Waals surface area contributed by atoms with Crippen LogP contribution in [-0.4, -0.2) is 64.5 Å². The Labute approximate surface area is 268 Å². The summed E-state index contributed by atoms with van der Waals surface area (Å²) in [4.78, 5) is 56.0. The number of unbranched alkanes of at least 4 members (excludes halogenated alkanes) is 1. The zero-order valence-electron chi connectivity index (χ0n) is 25.7. The van der Waals surface area contributed by atoms with Crippen LogP contribution in [0.3, 0.4) is 0 Å². The Morgan fingerprint density at radius 2 is 1.22 bits per heavy atom. The summed E-state index contributed by atoms with van der Waals surface area (Å²) in [7, 11) is 0. The zero-order chi connectivity index (χ0) is 32.9. The van der Waals surface area contributed by atoms with Gasteiger partial charge in [0.05, 0.1) is 6.04 Å². The first-order chi connectivity index (χ1) is 22.2. The number of hydrogen-bond donors (Lipinski definition) is 7. The van der Waals surface area contributed by atoms with Crippen LogP contribution in [0.5, 0.6) is 0 Å². The Morgan fingerprint density at radius 1 is 0.674 bits per heavy atom. The molecule has 11 heteroatoms. The summed E-state index contributed by atoms with van der Waals surface area (Å²) in [5.74, 6) is -2.93. The van der Waals surface area contributed by atoms with Crippen LogP contribution < -0.4 is 27.4 Å². The Kier molecular flexibility index (Phi) is 12.4. The normalized spacial score (nSPS) is 13.7. The van der Waals surface area contributed by atoms with E-state index < -0.39 is 47.9 Å². The number of aromatic nitrogens is 1. The van der Waals surface area contributed by atoms with E-state index in [0.29, 0.717) is 19.4 Å². The van der Waals surface area contributed by atoms with Gasteiger partial charge in [0.1, 0.15) is 18.1 Å². The lowest BCUT2D eigenvalue weighted by Crippen LogP contribution is -2.58. The molecule has 0 aliphatic heterocycles. The maximum absolute atomic E-state index is 13.9. The number of nitrogens with two attached hydrogens (primary N) is 2. The lowest BCUT2D eigenvalue weighted by molar-refractivity contribution is -0.142. The lowest BCUT2D eigenvalue weighted by Gasteiger charge is -2.25. The number of amides is 3.